The minimum Gasteiger partial charge on any atom is -0.387 e. The molecule has 1 aromatic rings. The van der Waals surface area contributed by atoms with Crippen LogP contribution in [0.1, 0.15) is 27.7 Å². The predicted octanol–water partition coefficient (Wildman–Crippen LogP) is 2.78. The molecule has 0 aliphatic rings. The third-order valence-electron chi connectivity index (χ3n) is 2.86. The molecule has 0 unspecified atom stereocenters. The summed E-state index contributed by atoms with van der Waals surface area (Å²) in [5.41, 5.74) is 0.636. The quantitative estimate of drug-likeness (QED) is 0.874. The molecule has 0 radical (unpaired) electrons. The number of hydrogen-bond acceptors (Lipinski definition) is 3. The van der Waals surface area contributed by atoms with Gasteiger partial charge in [-0.2, -0.15) is 4.31 Å². The highest BCUT2D eigenvalue weighted by molar-refractivity contribution is 7.89. The second-order valence-corrected chi connectivity index (χ2v) is 7.17. The minimum atomic E-state index is -3.47. The third-order valence-corrected chi connectivity index (χ3v) is 4.96. The Hall–Kier alpha value is -1.07. The molecule has 108 valence electrons. The maximum Gasteiger partial charge on any atom is 0.245 e. The molecule has 0 bridgehead atoms. The average molecular weight is 284 g/mol. The number of sulfonamides is 1. The summed E-state index contributed by atoms with van der Waals surface area (Å²) in [6.07, 6.45) is 0. The fraction of sp³-hybridized carbons (Fsp3) is 0.571. The van der Waals surface area contributed by atoms with Crippen molar-refractivity contribution in [1.82, 2.24) is 4.31 Å². The van der Waals surface area contributed by atoms with Crippen LogP contribution in [0.3, 0.4) is 0 Å². The summed E-state index contributed by atoms with van der Waals surface area (Å²) >= 11 is 0. The number of hydrogen-bond donors (Lipinski definition) is 1. The van der Waals surface area contributed by atoms with E-state index in [0.717, 1.165) is 0 Å². The van der Waals surface area contributed by atoms with Gasteiger partial charge in [-0.15, -0.1) is 0 Å². The Morgan fingerprint density at radius 2 is 1.74 bits per heavy atom. The number of para-hydroxylation sites is 1. The van der Waals surface area contributed by atoms with Crippen LogP contribution in [0, 0.1) is 5.92 Å². The van der Waals surface area contributed by atoms with E-state index in [1.807, 2.05) is 33.8 Å². The van der Waals surface area contributed by atoms with Crippen LogP contribution in [0.5, 0.6) is 0 Å². The topological polar surface area (TPSA) is 49.4 Å². The molecule has 1 N–H and O–H groups in total. The first-order chi connectivity index (χ1) is 8.80. The molecule has 19 heavy (non-hydrogen) atoms. The highest BCUT2D eigenvalue weighted by Gasteiger charge is 2.29. The standard InChI is InChI=1S/C14H24N2O2S/c1-11(2)10-16(12(3)4)19(17,18)14-9-7-6-8-13(14)15-5/h6-9,11-12,15H,10H2,1-5H3. The molecule has 0 fully saturated rings. The second-order valence-electron chi connectivity index (χ2n) is 5.31. The van der Waals surface area contributed by atoms with Crippen LogP contribution in [0.25, 0.3) is 0 Å². The molecule has 0 atom stereocenters. The summed E-state index contributed by atoms with van der Waals surface area (Å²) in [5, 5.41) is 2.94. The lowest BCUT2D eigenvalue weighted by Crippen LogP contribution is -2.39. The molecule has 0 aromatic heterocycles. The highest BCUT2D eigenvalue weighted by atomic mass is 32.2. The Morgan fingerprint density at radius 1 is 1.16 bits per heavy atom. The van der Waals surface area contributed by atoms with Gasteiger partial charge in [-0.1, -0.05) is 26.0 Å². The van der Waals surface area contributed by atoms with Crippen molar-refractivity contribution in [3.8, 4) is 0 Å². The molecular weight excluding hydrogens is 260 g/mol. The van der Waals surface area contributed by atoms with Crippen molar-refractivity contribution < 1.29 is 8.42 Å². The van der Waals surface area contributed by atoms with Crippen LogP contribution in [0.4, 0.5) is 5.69 Å². The Balaban J connectivity index is 3.27. The summed E-state index contributed by atoms with van der Waals surface area (Å²) < 4.78 is 27.1. The van der Waals surface area contributed by atoms with Gasteiger partial charge in [0.1, 0.15) is 4.90 Å². The van der Waals surface area contributed by atoms with Crippen molar-refractivity contribution in [1.29, 1.82) is 0 Å². The third kappa shape index (κ3) is 3.70. The zero-order valence-corrected chi connectivity index (χ0v) is 13.2. The van der Waals surface area contributed by atoms with Gasteiger partial charge in [0, 0.05) is 19.6 Å². The van der Waals surface area contributed by atoms with Gasteiger partial charge in [0.05, 0.1) is 5.69 Å². The largest absolute Gasteiger partial charge is 0.387 e. The molecule has 1 aromatic carbocycles. The van der Waals surface area contributed by atoms with Crippen LogP contribution in [-0.2, 0) is 10.0 Å². The smallest absolute Gasteiger partial charge is 0.245 e. The second kappa shape index (κ2) is 6.39. The van der Waals surface area contributed by atoms with Gasteiger partial charge in [0.25, 0.3) is 0 Å². The summed E-state index contributed by atoms with van der Waals surface area (Å²) in [5.74, 6) is 0.291. The van der Waals surface area contributed by atoms with E-state index >= 15 is 0 Å². The fourth-order valence-electron chi connectivity index (χ4n) is 1.97. The molecule has 0 aliphatic heterocycles. The van der Waals surface area contributed by atoms with Crippen LogP contribution in [-0.4, -0.2) is 32.4 Å². The van der Waals surface area contributed by atoms with Crippen LogP contribution in [0.2, 0.25) is 0 Å². The molecule has 1 rings (SSSR count). The number of nitrogens with one attached hydrogen (secondary N) is 1. The first-order valence-corrected chi connectivity index (χ1v) is 8.03. The average Bonchev–Trinajstić information content (AvgIpc) is 2.35. The first-order valence-electron chi connectivity index (χ1n) is 6.59. The Morgan fingerprint density at radius 3 is 2.21 bits per heavy atom. The van der Waals surface area contributed by atoms with Gasteiger partial charge in [-0.25, -0.2) is 8.42 Å². The van der Waals surface area contributed by atoms with Crippen molar-refractivity contribution in [3.05, 3.63) is 24.3 Å². The van der Waals surface area contributed by atoms with Crippen molar-refractivity contribution in [2.24, 2.45) is 5.92 Å². The van der Waals surface area contributed by atoms with Gasteiger partial charge in [-0.05, 0) is 31.9 Å². The normalized spacial score (nSPS) is 12.4. The lowest BCUT2D eigenvalue weighted by molar-refractivity contribution is 0.319. The van der Waals surface area contributed by atoms with E-state index in [1.165, 1.54) is 0 Å². The zero-order chi connectivity index (χ0) is 14.6. The SMILES string of the molecule is CNc1ccccc1S(=O)(=O)N(CC(C)C)C(C)C. The molecule has 0 saturated carbocycles. The van der Waals surface area contributed by atoms with Crippen molar-refractivity contribution >= 4 is 15.7 Å². The van der Waals surface area contributed by atoms with Crippen molar-refractivity contribution in [2.45, 2.75) is 38.6 Å². The molecule has 0 amide bonds. The summed E-state index contributed by atoms with van der Waals surface area (Å²) in [6, 6.07) is 6.95. The Bertz CT molecular complexity index is 510. The number of anilines is 1. The summed E-state index contributed by atoms with van der Waals surface area (Å²) in [6.45, 7) is 8.38. The molecule has 0 spiro atoms. The van der Waals surface area contributed by atoms with Gasteiger partial charge in [0.2, 0.25) is 10.0 Å². The lowest BCUT2D eigenvalue weighted by Gasteiger charge is -2.28. The first kappa shape index (κ1) is 16.0. The van der Waals surface area contributed by atoms with Crippen LogP contribution < -0.4 is 5.32 Å². The van der Waals surface area contributed by atoms with E-state index in [1.54, 1.807) is 29.6 Å². The van der Waals surface area contributed by atoms with Crippen LogP contribution >= 0.6 is 0 Å². The number of benzene rings is 1. The predicted molar refractivity (Wildman–Crippen MR) is 79.9 cm³/mol. The van der Waals surface area contributed by atoms with E-state index in [-0.39, 0.29) is 6.04 Å². The molecule has 0 aliphatic carbocycles. The van der Waals surface area contributed by atoms with Gasteiger partial charge < -0.3 is 5.32 Å². The maximum atomic E-state index is 12.8. The Labute approximate surface area is 116 Å². The van der Waals surface area contributed by atoms with Gasteiger partial charge in [0.15, 0.2) is 0 Å². The molecule has 4 nitrogen and oxygen atoms in total. The Kier molecular flexibility index (Phi) is 5.38. The van der Waals surface area contributed by atoms with Crippen molar-refractivity contribution in [2.75, 3.05) is 18.9 Å². The van der Waals surface area contributed by atoms with Crippen LogP contribution in [0.15, 0.2) is 29.2 Å². The summed E-state index contributed by atoms with van der Waals surface area (Å²) in [4.78, 5) is 0.340. The lowest BCUT2D eigenvalue weighted by atomic mass is 10.2. The van der Waals surface area contributed by atoms with Gasteiger partial charge >= 0.3 is 0 Å². The minimum absolute atomic E-state index is 0.0580. The van der Waals surface area contributed by atoms with E-state index in [4.69, 9.17) is 0 Å². The maximum absolute atomic E-state index is 12.8. The van der Waals surface area contributed by atoms with Gasteiger partial charge in [-0.3, -0.25) is 0 Å². The fourth-order valence-corrected chi connectivity index (χ4v) is 3.97. The highest BCUT2D eigenvalue weighted by Crippen LogP contribution is 2.26. The molecule has 0 heterocycles. The number of nitrogens with zero attached hydrogens (tertiary/aromatic N) is 1. The molecule has 0 saturated heterocycles. The monoisotopic (exact) mass is 284 g/mol. The molecule has 5 heteroatoms. The van der Waals surface area contributed by atoms with E-state index in [2.05, 4.69) is 5.32 Å². The van der Waals surface area contributed by atoms with Crippen molar-refractivity contribution in [3.63, 3.8) is 0 Å². The van der Waals surface area contributed by atoms with E-state index in [0.29, 0.717) is 23.0 Å². The van der Waals surface area contributed by atoms with E-state index in [9.17, 15) is 8.42 Å². The van der Waals surface area contributed by atoms with E-state index < -0.39 is 10.0 Å². The molecular formula is C14H24N2O2S. The zero-order valence-electron chi connectivity index (χ0n) is 12.3. The number of rotatable bonds is 6. The summed E-state index contributed by atoms with van der Waals surface area (Å²) in [7, 11) is -1.73.